The number of amides is 1. The Morgan fingerprint density at radius 3 is 2.80 bits per heavy atom. The van der Waals surface area contributed by atoms with E-state index in [1.54, 1.807) is 13.2 Å². The molecule has 1 aromatic heterocycles. The van der Waals surface area contributed by atoms with E-state index < -0.39 is 0 Å². The third kappa shape index (κ3) is 3.52. The monoisotopic (exact) mass is 342 g/mol. The minimum Gasteiger partial charge on any atom is -0.496 e. The van der Waals surface area contributed by atoms with Crippen molar-refractivity contribution in [2.45, 2.75) is 46.2 Å². The molecule has 2 heterocycles. The number of nitrogens with zero attached hydrogens (tertiary/aromatic N) is 4. The minimum atomic E-state index is -0.105. The highest BCUT2D eigenvalue weighted by molar-refractivity contribution is 5.97. The molecule has 0 bridgehead atoms. The lowest BCUT2D eigenvalue weighted by Gasteiger charge is -2.33. The van der Waals surface area contributed by atoms with Crippen LogP contribution in [0.4, 0.5) is 0 Å². The molecule has 1 atom stereocenters. The van der Waals surface area contributed by atoms with Gasteiger partial charge in [0.25, 0.3) is 5.91 Å². The summed E-state index contributed by atoms with van der Waals surface area (Å²) in [5.74, 6) is 2.95. The smallest absolute Gasteiger partial charge is 0.258 e. The van der Waals surface area contributed by atoms with Gasteiger partial charge in [-0.05, 0) is 31.4 Å². The van der Waals surface area contributed by atoms with E-state index in [4.69, 9.17) is 9.72 Å². The Morgan fingerprint density at radius 1 is 1.32 bits per heavy atom. The van der Waals surface area contributed by atoms with Gasteiger partial charge in [-0.2, -0.15) is 5.10 Å². The third-order valence-corrected chi connectivity index (χ3v) is 4.68. The largest absolute Gasteiger partial charge is 0.496 e. The molecule has 134 valence electrons. The van der Waals surface area contributed by atoms with E-state index in [0.29, 0.717) is 30.3 Å². The van der Waals surface area contributed by atoms with Crippen LogP contribution in [0.5, 0.6) is 5.75 Å². The quantitative estimate of drug-likeness (QED) is 0.838. The predicted molar refractivity (Wildman–Crippen MR) is 95.6 cm³/mol. The molecule has 6 heteroatoms. The number of hydrogen-bond donors (Lipinski definition) is 0. The fourth-order valence-electron chi connectivity index (χ4n) is 3.19. The predicted octanol–water partition coefficient (Wildman–Crippen LogP) is 3.09. The van der Waals surface area contributed by atoms with Crippen molar-refractivity contribution >= 4 is 5.91 Å². The molecule has 0 saturated heterocycles. The third-order valence-electron chi connectivity index (χ3n) is 4.68. The number of aromatic nitrogens is 3. The van der Waals surface area contributed by atoms with Crippen molar-refractivity contribution in [2.75, 3.05) is 13.7 Å². The molecule has 2 aromatic rings. The standard InChI is InChI=1S/C19H26N4O2/c1-13(2)9-10-17-20-18-14(3)22(11-12-23(18)21-17)19(24)15-7-5-6-8-16(15)25-4/h5-8,13-14H,9-12H2,1-4H3/t14-/m1/s1. The molecule has 1 aliphatic heterocycles. The van der Waals surface area contributed by atoms with E-state index in [-0.39, 0.29) is 11.9 Å². The van der Waals surface area contributed by atoms with Gasteiger partial charge in [-0.25, -0.2) is 9.67 Å². The molecule has 1 amide bonds. The lowest BCUT2D eigenvalue weighted by Crippen LogP contribution is -2.41. The van der Waals surface area contributed by atoms with E-state index in [9.17, 15) is 4.79 Å². The summed E-state index contributed by atoms with van der Waals surface area (Å²) in [7, 11) is 1.59. The van der Waals surface area contributed by atoms with Crippen molar-refractivity contribution in [3.05, 3.63) is 41.5 Å². The molecule has 1 aromatic carbocycles. The molecule has 0 N–H and O–H groups in total. The number of hydrogen-bond acceptors (Lipinski definition) is 4. The molecule has 1 aliphatic rings. The zero-order chi connectivity index (χ0) is 18.0. The topological polar surface area (TPSA) is 60.2 Å². The van der Waals surface area contributed by atoms with Gasteiger partial charge in [-0.1, -0.05) is 26.0 Å². The van der Waals surface area contributed by atoms with Crippen molar-refractivity contribution in [2.24, 2.45) is 5.92 Å². The van der Waals surface area contributed by atoms with Crippen LogP contribution in [0.15, 0.2) is 24.3 Å². The average molecular weight is 342 g/mol. The van der Waals surface area contributed by atoms with E-state index in [0.717, 1.165) is 24.5 Å². The first-order valence-electron chi connectivity index (χ1n) is 8.89. The summed E-state index contributed by atoms with van der Waals surface area (Å²) in [6, 6.07) is 7.24. The second kappa shape index (κ2) is 7.25. The van der Waals surface area contributed by atoms with Crippen molar-refractivity contribution in [3.63, 3.8) is 0 Å². The Balaban J connectivity index is 1.81. The summed E-state index contributed by atoms with van der Waals surface area (Å²) >= 11 is 0. The second-order valence-corrected chi connectivity index (χ2v) is 6.92. The zero-order valence-corrected chi connectivity index (χ0v) is 15.4. The number of aryl methyl sites for hydroxylation is 1. The van der Waals surface area contributed by atoms with E-state index in [2.05, 4.69) is 18.9 Å². The van der Waals surface area contributed by atoms with Crippen LogP contribution in [0.2, 0.25) is 0 Å². The summed E-state index contributed by atoms with van der Waals surface area (Å²) < 4.78 is 7.29. The van der Waals surface area contributed by atoms with Gasteiger partial charge in [0, 0.05) is 13.0 Å². The van der Waals surface area contributed by atoms with Crippen molar-refractivity contribution in [1.82, 2.24) is 19.7 Å². The Labute approximate surface area is 148 Å². The first kappa shape index (κ1) is 17.5. The van der Waals surface area contributed by atoms with Crippen LogP contribution in [0.1, 0.15) is 55.2 Å². The van der Waals surface area contributed by atoms with Gasteiger partial charge in [0.1, 0.15) is 11.6 Å². The van der Waals surface area contributed by atoms with Crippen molar-refractivity contribution in [3.8, 4) is 5.75 Å². The summed E-state index contributed by atoms with van der Waals surface area (Å²) in [4.78, 5) is 19.6. The first-order chi connectivity index (χ1) is 12.0. The fourth-order valence-corrected chi connectivity index (χ4v) is 3.19. The van der Waals surface area contributed by atoms with Gasteiger partial charge >= 0.3 is 0 Å². The minimum absolute atomic E-state index is 0.0251. The highest BCUT2D eigenvalue weighted by Crippen LogP contribution is 2.28. The van der Waals surface area contributed by atoms with Crippen LogP contribution in [0.25, 0.3) is 0 Å². The van der Waals surface area contributed by atoms with Crippen LogP contribution < -0.4 is 4.74 Å². The molecular formula is C19H26N4O2. The van der Waals surface area contributed by atoms with Gasteiger partial charge in [0.05, 0.1) is 25.3 Å². The molecule has 6 nitrogen and oxygen atoms in total. The number of fused-ring (bicyclic) bond motifs is 1. The van der Waals surface area contributed by atoms with Crippen LogP contribution >= 0.6 is 0 Å². The number of rotatable bonds is 5. The summed E-state index contributed by atoms with van der Waals surface area (Å²) in [6.45, 7) is 7.71. The maximum absolute atomic E-state index is 13.0. The van der Waals surface area contributed by atoms with E-state index in [1.807, 2.05) is 34.7 Å². The molecule has 25 heavy (non-hydrogen) atoms. The number of carbonyl (C=O) groups is 1. The molecule has 0 aliphatic carbocycles. The van der Waals surface area contributed by atoms with Gasteiger partial charge < -0.3 is 9.64 Å². The Morgan fingerprint density at radius 2 is 2.08 bits per heavy atom. The van der Waals surface area contributed by atoms with Crippen LogP contribution in [0, 0.1) is 5.92 Å². The van der Waals surface area contributed by atoms with E-state index in [1.165, 1.54) is 0 Å². The van der Waals surface area contributed by atoms with Crippen LogP contribution in [-0.4, -0.2) is 39.2 Å². The SMILES string of the molecule is COc1ccccc1C(=O)N1CCn2nc(CCC(C)C)nc2[C@H]1C. The van der Waals surface area contributed by atoms with Gasteiger partial charge in [-0.3, -0.25) is 4.79 Å². The molecule has 3 rings (SSSR count). The number of carbonyl (C=O) groups excluding carboxylic acids is 1. The molecule has 0 fully saturated rings. The van der Waals surface area contributed by atoms with Gasteiger partial charge in [0.2, 0.25) is 0 Å². The van der Waals surface area contributed by atoms with Crippen molar-refractivity contribution < 1.29 is 9.53 Å². The second-order valence-electron chi connectivity index (χ2n) is 6.92. The average Bonchev–Trinajstić information content (AvgIpc) is 3.04. The molecule has 0 unspecified atom stereocenters. The van der Waals surface area contributed by atoms with Gasteiger partial charge in [-0.15, -0.1) is 0 Å². The number of para-hydroxylation sites is 1. The first-order valence-corrected chi connectivity index (χ1v) is 8.89. The highest BCUT2D eigenvalue weighted by Gasteiger charge is 2.32. The maximum atomic E-state index is 13.0. The highest BCUT2D eigenvalue weighted by atomic mass is 16.5. The van der Waals surface area contributed by atoms with Crippen molar-refractivity contribution in [1.29, 1.82) is 0 Å². The molecular weight excluding hydrogens is 316 g/mol. The summed E-state index contributed by atoms with van der Waals surface area (Å²) in [6.07, 6.45) is 1.95. The number of methoxy groups -OCH3 is 1. The molecule has 0 radical (unpaired) electrons. The Kier molecular flexibility index (Phi) is 5.06. The maximum Gasteiger partial charge on any atom is 0.258 e. The Hall–Kier alpha value is -2.37. The molecule has 0 saturated carbocycles. The Bertz CT molecular complexity index is 754. The fraction of sp³-hybridized carbons (Fsp3) is 0.526. The molecule has 0 spiro atoms. The normalized spacial score (nSPS) is 16.8. The summed E-state index contributed by atoms with van der Waals surface area (Å²) in [5.41, 5.74) is 0.588. The lowest BCUT2D eigenvalue weighted by molar-refractivity contribution is 0.0627. The van der Waals surface area contributed by atoms with Crippen LogP contribution in [-0.2, 0) is 13.0 Å². The van der Waals surface area contributed by atoms with E-state index >= 15 is 0 Å². The zero-order valence-electron chi connectivity index (χ0n) is 15.4. The van der Waals surface area contributed by atoms with Gasteiger partial charge in [0.15, 0.2) is 5.82 Å². The summed E-state index contributed by atoms with van der Waals surface area (Å²) in [5, 5.41) is 4.62. The van der Waals surface area contributed by atoms with Crippen LogP contribution in [0.3, 0.4) is 0 Å². The number of benzene rings is 1. The lowest BCUT2D eigenvalue weighted by atomic mass is 10.1. The number of ether oxygens (including phenoxy) is 1.